The fourth-order valence-electron chi connectivity index (χ4n) is 4.42. The number of aliphatic hydroxyl groups excluding tert-OH is 1. The first-order chi connectivity index (χ1) is 15.4. The molecule has 0 aliphatic carbocycles. The zero-order valence-electron chi connectivity index (χ0n) is 18.0. The summed E-state index contributed by atoms with van der Waals surface area (Å²) in [7, 11) is 1.45. The van der Waals surface area contributed by atoms with E-state index in [1.165, 1.54) is 13.2 Å². The Balaban J connectivity index is 1.59. The number of aromatic hydroxyl groups is 3. The van der Waals surface area contributed by atoms with Crippen LogP contribution in [0.4, 0.5) is 0 Å². The average molecular weight is 440 g/mol. The van der Waals surface area contributed by atoms with Crippen LogP contribution in [0.15, 0.2) is 48.8 Å². The third kappa shape index (κ3) is 4.84. The van der Waals surface area contributed by atoms with E-state index >= 15 is 0 Å². The van der Waals surface area contributed by atoms with Gasteiger partial charge in [0.25, 0.3) is 0 Å². The molecule has 7 nitrogen and oxygen atoms in total. The van der Waals surface area contributed by atoms with Crippen LogP contribution >= 0.6 is 0 Å². The van der Waals surface area contributed by atoms with Crippen molar-refractivity contribution in [1.29, 1.82) is 0 Å². The molecule has 0 bridgehead atoms. The van der Waals surface area contributed by atoms with Crippen LogP contribution in [-0.4, -0.2) is 44.7 Å². The number of aliphatic hydroxyl groups is 1. The number of aromatic amines is 1. The molecule has 5 N–H and O–H groups in total. The molecule has 1 aromatic heterocycles. The van der Waals surface area contributed by atoms with Crippen molar-refractivity contribution in [2.45, 2.75) is 50.4 Å². The largest absolute Gasteiger partial charge is 0.508 e. The predicted octanol–water partition coefficient (Wildman–Crippen LogP) is 3.94. The SMILES string of the molecule is COc1c(O)c(O)cc(C2CC(O)CC(CCc3ccc(O)cc3)O2)c1Cc1cc[nH]c1. The summed E-state index contributed by atoms with van der Waals surface area (Å²) in [5, 5.41) is 40.7. The van der Waals surface area contributed by atoms with Crippen molar-refractivity contribution in [3.8, 4) is 23.0 Å². The lowest BCUT2D eigenvalue weighted by Crippen LogP contribution is -2.32. The lowest BCUT2D eigenvalue weighted by Gasteiger charge is -2.35. The highest BCUT2D eigenvalue weighted by Crippen LogP contribution is 2.46. The molecule has 0 saturated carbocycles. The van der Waals surface area contributed by atoms with Crippen molar-refractivity contribution in [2.24, 2.45) is 0 Å². The first-order valence-corrected chi connectivity index (χ1v) is 10.8. The quantitative estimate of drug-likeness (QED) is 0.356. The van der Waals surface area contributed by atoms with Gasteiger partial charge in [-0.15, -0.1) is 0 Å². The smallest absolute Gasteiger partial charge is 0.200 e. The number of methoxy groups -OCH3 is 1. The standard InChI is InChI=1S/C25H29NO6/c1-31-25-21(10-16-8-9-26-14-16)20(13-22(29)24(25)30)23-12-18(28)11-19(32-23)7-4-15-2-5-17(27)6-3-15/h2-3,5-6,8-9,13-14,18-19,23,26-30H,4,7,10-12H2,1H3. The maximum Gasteiger partial charge on any atom is 0.200 e. The van der Waals surface area contributed by atoms with Gasteiger partial charge in [0.1, 0.15) is 5.75 Å². The number of aromatic nitrogens is 1. The van der Waals surface area contributed by atoms with Gasteiger partial charge in [-0.2, -0.15) is 0 Å². The van der Waals surface area contributed by atoms with Crippen LogP contribution in [0.5, 0.6) is 23.0 Å². The van der Waals surface area contributed by atoms with E-state index in [1.54, 1.807) is 12.1 Å². The Kier molecular flexibility index (Phi) is 6.58. The van der Waals surface area contributed by atoms with E-state index in [9.17, 15) is 20.4 Å². The number of nitrogens with one attached hydrogen (secondary N) is 1. The molecule has 3 atom stereocenters. The van der Waals surface area contributed by atoms with Crippen LogP contribution in [0.25, 0.3) is 0 Å². The lowest BCUT2D eigenvalue weighted by atomic mass is 9.89. The summed E-state index contributed by atoms with van der Waals surface area (Å²) in [6.07, 6.45) is 5.40. The molecule has 0 amide bonds. The Morgan fingerprint density at radius 1 is 1.06 bits per heavy atom. The maximum absolute atomic E-state index is 10.6. The van der Waals surface area contributed by atoms with Crippen LogP contribution in [0, 0.1) is 0 Å². The monoisotopic (exact) mass is 439 g/mol. The number of aryl methyl sites for hydroxylation is 1. The van der Waals surface area contributed by atoms with Crippen molar-refractivity contribution in [3.63, 3.8) is 0 Å². The molecule has 1 aliphatic heterocycles. The molecule has 32 heavy (non-hydrogen) atoms. The third-order valence-corrected chi connectivity index (χ3v) is 6.04. The van der Waals surface area contributed by atoms with Gasteiger partial charge in [0.15, 0.2) is 11.5 Å². The summed E-state index contributed by atoms with van der Waals surface area (Å²) in [5.74, 6) is -0.138. The minimum Gasteiger partial charge on any atom is -0.508 e. The van der Waals surface area contributed by atoms with Crippen molar-refractivity contribution in [3.05, 3.63) is 71.0 Å². The predicted molar refractivity (Wildman–Crippen MR) is 119 cm³/mol. The normalized spacial score (nSPS) is 20.9. The summed E-state index contributed by atoms with van der Waals surface area (Å²) < 4.78 is 11.8. The van der Waals surface area contributed by atoms with Gasteiger partial charge in [-0.1, -0.05) is 12.1 Å². The number of benzene rings is 2. The molecule has 0 radical (unpaired) electrons. The zero-order chi connectivity index (χ0) is 22.7. The summed E-state index contributed by atoms with van der Waals surface area (Å²) in [4.78, 5) is 3.02. The summed E-state index contributed by atoms with van der Waals surface area (Å²) in [5.41, 5.74) is 3.50. The number of phenolic OH excluding ortho intramolecular Hbond substituents is 3. The number of phenols is 3. The molecule has 1 fully saturated rings. The van der Waals surface area contributed by atoms with Crippen molar-refractivity contribution in [1.82, 2.24) is 4.98 Å². The molecule has 2 heterocycles. The minimum atomic E-state index is -0.541. The van der Waals surface area contributed by atoms with Crippen LogP contribution in [-0.2, 0) is 17.6 Å². The number of hydrogen-bond donors (Lipinski definition) is 5. The molecule has 4 rings (SSSR count). The first kappa shape index (κ1) is 22.0. The molecule has 1 saturated heterocycles. The van der Waals surface area contributed by atoms with E-state index in [0.29, 0.717) is 31.2 Å². The van der Waals surface area contributed by atoms with Crippen molar-refractivity contribution < 1.29 is 29.9 Å². The minimum absolute atomic E-state index is 0.167. The molecular weight excluding hydrogens is 410 g/mol. The van der Waals surface area contributed by atoms with E-state index in [1.807, 2.05) is 30.6 Å². The Labute approximate surface area is 186 Å². The topological polar surface area (TPSA) is 115 Å². The highest BCUT2D eigenvalue weighted by atomic mass is 16.5. The molecule has 3 unspecified atom stereocenters. The number of H-pyrrole nitrogens is 1. The fourth-order valence-corrected chi connectivity index (χ4v) is 4.42. The molecule has 1 aliphatic rings. The highest BCUT2D eigenvalue weighted by molar-refractivity contribution is 5.59. The molecule has 7 heteroatoms. The van der Waals surface area contributed by atoms with Gasteiger partial charge in [0.2, 0.25) is 5.75 Å². The zero-order valence-corrected chi connectivity index (χ0v) is 18.0. The molecule has 2 aromatic carbocycles. The van der Waals surface area contributed by atoms with Gasteiger partial charge in [-0.3, -0.25) is 0 Å². The van der Waals surface area contributed by atoms with Gasteiger partial charge >= 0.3 is 0 Å². The van der Waals surface area contributed by atoms with Crippen LogP contribution in [0.1, 0.15) is 47.6 Å². The second-order valence-corrected chi connectivity index (χ2v) is 8.32. The Hall–Kier alpha value is -3.16. The summed E-state index contributed by atoms with van der Waals surface area (Å²) >= 11 is 0. The third-order valence-electron chi connectivity index (χ3n) is 6.04. The Morgan fingerprint density at radius 2 is 1.84 bits per heavy atom. The molecule has 170 valence electrons. The van der Waals surface area contributed by atoms with Gasteiger partial charge in [-0.05, 0) is 60.2 Å². The molecule has 3 aromatic rings. The number of hydrogen-bond acceptors (Lipinski definition) is 6. The summed E-state index contributed by atoms with van der Waals surface area (Å²) in [6, 6.07) is 10.5. The number of ether oxygens (including phenoxy) is 2. The average Bonchev–Trinajstić information content (AvgIpc) is 3.29. The fraction of sp³-hybridized carbons (Fsp3) is 0.360. The van der Waals surface area contributed by atoms with E-state index in [4.69, 9.17) is 9.47 Å². The van der Waals surface area contributed by atoms with E-state index in [-0.39, 0.29) is 29.1 Å². The van der Waals surface area contributed by atoms with Gasteiger partial charge < -0.3 is 34.9 Å². The Bertz CT molecular complexity index is 1030. The second-order valence-electron chi connectivity index (χ2n) is 8.32. The van der Waals surface area contributed by atoms with Crippen LogP contribution in [0.2, 0.25) is 0 Å². The first-order valence-electron chi connectivity index (χ1n) is 10.8. The van der Waals surface area contributed by atoms with E-state index < -0.39 is 12.2 Å². The van der Waals surface area contributed by atoms with Crippen molar-refractivity contribution in [2.75, 3.05) is 7.11 Å². The van der Waals surface area contributed by atoms with Crippen molar-refractivity contribution >= 4 is 0 Å². The lowest BCUT2D eigenvalue weighted by molar-refractivity contribution is -0.100. The number of rotatable bonds is 7. The highest BCUT2D eigenvalue weighted by Gasteiger charge is 2.33. The molecular formula is C25H29NO6. The van der Waals surface area contributed by atoms with Gasteiger partial charge in [-0.25, -0.2) is 0 Å². The van der Waals surface area contributed by atoms with E-state index in [0.717, 1.165) is 23.1 Å². The Morgan fingerprint density at radius 3 is 2.53 bits per heavy atom. The van der Waals surface area contributed by atoms with E-state index in [2.05, 4.69) is 4.98 Å². The molecule has 0 spiro atoms. The summed E-state index contributed by atoms with van der Waals surface area (Å²) in [6.45, 7) is 0. The van der Waals surface area contributed by atoms with Gasteiger partial charge in [0, 0.05) is 30.8 Å². The van der Waals surface area contributed by atoms with Gasteiger partial charge in [0.05, 0.1) is 25.4 Å². The second kappa shape index (κ2) is 9.54. The van der Waals surface area contributed by atoms with Crippen LogP contribution < -0.4 is 4.74 Å². The van der Waals surface area contributed by atoms with Crippen LogP contribution in [0.3, 0.4) is 0 Å². The maximum atomic E-state index is 10.6.